The Morgan fingerprint density at radius 3 is 2.87 bits per heavy atom. The van der Waals surface area contributed by atoms with Crippen molar-refractivity contribution < 1.29 is 5.11 Å². The van der Waals surface area contributed by atoms with Crippen molar-refractivity contribution in [2.24, 2.45) is 5.92 Å². The highest BCUT2D eigenvalue weighted by Gasteiger charge is 2.27. The molecule has 0 radical (unpaired) electrons. The van der Waals surface area contributed by atoms with Crippen molar-refractivity contribution in [1.82, 2.24) is 5.32 Å². The Morgan fingerprint density at radius 2 is 2.20 bits per heavy atom. The Bertz CT molecular complexity index is 161. The molecular formula is C13H27NO. The summed E-state index contributed by atoms with van der Waals surface area (Å²) in [5.41, 5.74) is 0. The molecule has 0 spiro atoms. The van der Waals surface area contributed by atoms with E-state index in [2.05, 4.69) is 19.2 Å². The third kappa shape index (κ3) is 4.52. The molecule has 1 saturated carbocycles. The number of hydrogen-bond acceptors (Lipinski definition) is 2. The maximum Gasteiger partial charge on any atom is 0.0445 e. The third-order valence-electron chi connectivity index (χ3n) is 3.65. The first-order chi connectivity index (χ1) is 7.27. The van der Waals surface area contributed by atoms with Crippen molar-refractivity contribution in [1.29, 1.82) is 0 Å². The fourth-order valence-corrected chi connectivity index (χ4v) is 2.71. The highest BCUT2D eigenvalue weighted by Crippen LogP contribution is 2.30. The van der Waals surface area contributed by atoms with Crippen LogP contribution in [-0.2, 0) is 0 Å². The fraction of sp³-hybridized carbons (Fsp3) is 1.00. The summed E-state index contributed by atoms with van der Waals surface area (Å²) in [5.74, 6) is 0.895. The lowest BCUT2D eigenvalue weighted by molar-refractivity contribution is 0.253. The van der Waals surface area contributed by atoms with Crippen LogP contribution in [0.1, 0.15) is 58.8 Å². The SMILES string of the molecule is CCCCC1CCCC1NC(C)CCO. The number of aliphatic hydroxyl groups is 1. The van der Waals surface area contributed by atoms with Crippen LogP contribution in [-0.4, -0.2) is 23.8 Å². The molecule has 0 amide bonds. The molecule has 1 aliphatic carbocycles. The van der Waals surface area contributed by atoms with Crippen LogP contribution in [0, 0.1) is 5.92 Å². The summed E-state index contributed by atoms with van der Waals surface area (Å²) in [4.78, 5) is 0. The van der Waals surface area contributed by atoms with Gasteiger partial charge in [0.1, 0.15) is 0 Å². The van der Waals surface area contributed by atoms with Gasteiger partial charge in [0.05, 0.1) is 0 Å². The second-order valence-electron chi connectivity index (χ2n) is 5.02. The molecular weight excluding hydrogens is 186 g/mol. The van der Waals surface area contributed by atoms with E-state index in [-0.39, 0.29) is 0 Å². The Morgan fingerprint density at radius 1 is 1.40 bits per heavy atom. The summed E-state index contributed by atoms with van der Waals surface area (Å²) in [6.07, 6.45) is 9.09. The maximum atomic E-state index is 8.88. The minimum atomic E-state index is 0.306. The lowest BCUT2D eigenvalue weighted by Gasteiger charge is -2.24. The molecule has 1 fully saturated rings. The fourth-order valence-electron chi connectivity index (χ4n) is 2.71. The normalized spacial score (nSPS) is 28.2. The van der Waals surface area contributed by atoms with Crippen LogP contribution < -0.4 is 5.32 Å². The molecule has 0 aromatic heterocycles. The van der Waals surface area contributed by atoms with E-state index in [0.29, 0.717) is 12.6 Å². The molecule has 3 unspecified atom stereocenters. The molecule has 0 heterocycles. The van der Waals surface area contributed by atoms with Gasteiger partial charge in [-0.2, -0.15) is 0 Å². The van der Waals surface area contributed by atoms with Gasteiger partial charge in [0.15, 0.2) is 0 Å². The van der Waals surface area contributed by atoms with E-state index in [0.717, 1.165) is 18.4 Å². The smallest absolute Gasteiger partial charge is 0.0445 e. The summed E-state index contributed by atoms with van der Waals surface area (Å²) >= 11 is 0. The van der Waals surface area contributed by atoms with Gasteiger partial charge >= 0.3 is 0 Å². The van der Waals surface area contributed by atoms with Crippen molar-refractivity contribution >= 4 is 0 Å². The summed E-state index contributed by atoms with van der Waals surface area (Å²) in [6, 6.07) is 1.19. The number of rotatable bonds is 7. The minimum absolute atomic E-state index is 0.306. The van der Waals surface area contributed by atoms with Crippen LogP contribution in [0.4, 0.5) is 0 Å². The number of nitrogens with one attached hydrogen (secondary N) is 1. The Labute approximate surface area is 94.5 Å². The zero-order chi connectivity index (χ0) is 11.1. The molecule has 3 atom stereocenters. The second-order valence-corrected chi connectivity index (χ2v) is 5.02. The average molecular weight is 213 g/mol. The van der Waals surface area contributed by atoms with Crippen molar-refractivity contribution in [2.45, 2.75) is 70.9 Å². The lowest BCUT2D eigenvalue weighted by atomic mass is 9.96. The monoisotopic (exact) mass is 213 g/mol. The zero-order valence-corrected chi connectivity index (χ0v) is 10.3. The molecule has 0 aromatic rings. The number of aliphatic hydroxyl groups excluding tert-OH is 1. The van der Waals surface area contributed by atoms with Crippen molar-refractivity contribution in [3.8, 4) is 0 Å². The van der Waals surface area contributed by atoms with Gasteiger partial charge in [0.25, 0.3) is 0 Å². The zero-order valence-electron chi connectivity index (χ0n) is 10.3. The van der Waals surface area contributed by atoms with Gasteiger partial charge in [-0.15, -0.1) is 0 Å². The summed E-state index contributed by atoms with van der Waals surface area (Å²) in [5, 5.41) is 12.6. The molecule has 15 heavy (non-hydrogen) atoms. The van der Waals surface area contributed by atoms with Gasteiger partial charge < -0.3 is 10.4 Å². The van der Waals surface area contributed by atoms with Crippen molar-refractivity contribution in [3.63, 3.8) is 0 Å². The Kier molecular flexibility index (Phi) is 6.26. The van der Waals surface area contributed by atoms with E-state index in [4.69, 9.17) is 5.11 Å². The lowest BCUT2D eigenvalue weighted by Crippen LogP contribution is -2.39. The van der Waals surface area contributed by atoms with E-state index >= 15 is 0 Å². The average Bonchev–Trinajstić information content (AvgIpc) is 2.63. The van der Waals surface area contributed by atoms with Crippen LogP contribution in [0.2, 0.25) is 0 Å². The van der Waals surface area contributed by atoms with Gasteiger partial charge in [0, 0.05) is 18.7 Å². The second kappa shape index (κ2) is 7.24. The predicted octanol–water partition coefficient (Wildman–Crippen LogP) is 2.71. The standard InChI is InChI=1S/C13H27NO/c1-3-4-6-12-7-5-8-13(12)14-11(2)9-10-15/h11-15H,3-10H2,1-2H3. The Hall–Kier alpha value is -0.0800. The first kappa shape index (κ1) is 13.0. The molecule has 1 aliphatic rings. The van der Waals surface area contributed by atoms with Crippen molar-refractivity contribution in [2.75, 3.05) is 6.61 Å². The van der Waals surface area contributed by atoms with Crippen LogP contribution in [0.15, 0.2) is 0 Å². The predicted molar refractivity (Wildman–Crippen MR) is 65.0 cm³/mol. The number of unbranched alkanes of at least 4 members (excludes halogenated alkanes) is 1. The van der Waals surface area contributed by atoms with Gasteiger partial charge in [-0.1, -0.05) is 26.2 Å². The molecule has 2 nitrogen and oxygen atoms in total. The van der Waals surface area contributed by atoms with E-state index in [1.54, 1.807) is 0 Å². The third-order valence-corrected chi connectivity index (χ3v) is 3.65. The van der Waals surface area contributed by atoms with Gasteiger partial charge in [-0.05, 0) is 38.5 Å². The molecule has 0 aliphatic heterocycles. The molecule has 0 bridgehead atoms. The summed E-state index contributed by atoms with van der Waals surface area (Å²) in [6.45, 7) is 4.76. The van der Waals surface area contributed by atoms with E-state index in [9.17, 15) is 0 Å². The first-order valence-electron chi connectivity index (χ1n) is 6.64. The Balaban J connectivity index is 2.26. The molecule has 2 N–H and O–H groups in total. The quantitative estimate of drug-likeness (QED) is 0.681. The van der Waals surface area contributed by atoms with Crippen molar-refractivity contribution in [3.05, 3.63) is 0 Å². The highest BCUT2D eigenvalue weighted by molar-refractivity contribution is 4.84. The summed E-state index contributed by atoms with van der Waals surface area (Å²) in [7, 11) is 0. The van der Waals surface area contributed by atoms with Crippen LogP contribution in [0.3, 0.4) is 0 Å². The maximum absolute atomic E-state index is 8.88. The van der Waals surface area contributed by atoms with Crippen LogP contribution >= 0.6 is 0 Å². The van der Waals surface area contributed by atoms with Crippen LogP contribution in [0.25, 0.3) is 0 Å². The number of hydrogen-bond donors (Lipinski definition) is 2. The highest BCUT2D eigenvalue weighted by atomic mass is 16.3. The van der Waals surface area contributed by atoms with Gasteiger partial charge in [-0.3, -0.25) is 0 Å². The van der Waals surface area contributed by atoms with E-state index in [1.807, 2.05) is 0 Å². The molecule has 0 saturated heterocycles. The van der Waals surface area contributed by atoms with E-state index in [1.165, 1.54) is 38.5 Å². The van der Waals surface area contributed by atoms with Gasteiger partial charge in [0.2, 0.25) is 0 Å². The topological polar surface area (TPSA) is 32.3 Å². The molecule has 1 rings (SSSR count). The molecule has 90 valence electrons. The van der Waals surface area contributed by atoms with E-state index < -0.39 is 0 Å². The molecule has 0 aromatic carbocycles. The first-order valence-corrected chi connectivity index (χ1v) is 6.64. The largest absolute Gasteiger partial charge is 0.396 e. The molecule has 2 heteroatoms. The minimum Gasteiger partial charge on any atom is -0.396 e. The van der Waals surface area contributed by atoms with Gasteiger partial charge in [-0.25, -0.2) is 0 Å². The summed E-state index contributed by atoms with van der Waals surface area (Å²) < 4.78 is 0. The van der Waals surface area contributed by atoms with Crippen LogP contribution in [0.5, 0.6) is 0 Å².